The maximum absolute atomic E-state index is 12.2. The Balaban J connectivity index is 2.71. The molecule has 0 amide bonds. The van der Waals surface area contributed by atoms with Crippen LogP contribution in [0.4, 0.5) is 0 Å². The number of aliphatic hydroxyl groups excluding tert-OH is 1. The zero-order chi connectivity index (χ0) is 14.3. The Kier molecular flexibility index (Phi) is 6.48. The summed E-state index contributed by atoms with van der Waals surface area (Å²) in [6.07, 6.45) is 4.14. The maximum atomic E-state index is 12.2. The molecule has 0 atom stereocenters. The van der Waals surface area contributed by atoms with Crippen molar-refractivity contribution in [3.05, 3.63) is 29.3 Å². The van der Waals surface area contributed by atoms with E-state index in [9.17, 15) is 8.42 Å². The van der Waals surface area contributed by atoms with Crippen LogP contribution < -0.4 is 4.72 Å². The molecular weight excluding hydrogens is 262 g/mol. The van der Waals surface area contributed by atoms with Crippen LogP contribution in [0.2, 0.25) is 0 Å². The first-order valence-electron chi connectivity index (χ1n) is 6.71. The van der Waals surface area contributed by atoms with Crippen molar-refractivity contribution < 1.29 is 13.5 Å². The van der Waals surface area contributed by atoms with Gasteiger partial charge in [0, 0.05) is 6.54 Å². The predicted octanol–water partition coefficient (Wildman–Crippen LogP) is 2.35. The highest BCUT2D eigenvalue weighted by Gasteiger charge is 2.16. The second-order valence-corrected chi connectivity index (χ2v) is 6.45. The summed E-state index contributed by atoms with van der Waals surface area (Å²) < 4.78 is 26.9. The van der Waals surface area contributed by atoms with Gasteiger partial charge in [-0.05, 0) is 30.5 Å². The fraction of sp³-hybridized carbons (Fsp3) is 0.571. The highest BCUT2D eigenvalue weighted by Crippen LogP contribution is 2.17. The lowest BCUT2D eigenvalue weighted by molar-refractivity contribution is 0.281. The molecule has 1 aromatic rings. The number of rotatable bonds is 8. The van der Waals surface area contributed by atoms with Gasteiger partial charge in [0.05, 0.1) is 11.5 Å². The summed E-state index contributed by atoms with van der Waals surface area (Å²) >= 11 is 0. The van der Waals surface area contributed by atoms with E-state index in [1.807, 2.05) is 0 Å². The molecule has 2 N–H and O–H groups in total. The smallest absolute Gasteiger partial charge is 0.240 e. The van der Waals surface area contributed by atoms with Gasteiger partial charge >= 0.3 is 0 Å². The number of hydrogen-bond acceptors (Lipinski definition) is 3. The lowest BCUT2D eigenvalue weighted by Gasteiger charge is -2.10. The van der Waals surface area contributed by atoms with E-state index < -0.39 is 10.0 Å². The van der Waals surface area contributed by atoms with Crippen molar-refractivity contribution in [2.24, 2.45) is 0 Å². The van der Waals surface area contributed by atoms with Gasteiger partial charge in [-0.1, -0.05) is 38.3 Å². The van der Waals surface area contributed by atoms with Crippen LogP contribution in [0.15, 0.2) is 23.1 Å². The van der Waals surface area contributed by atoms with E-state index in [0.717, 1.165) is 25.7 Å². The zero-order valence-corrected chi connectivity index (χ0v) is 12.5. The Bertz CT molecular complexity index is 497. The lowest BCUT2D eigenvalue weighted by Crippen LogP contribution is -2.25. The van der Waals surface area contributed by atoms with Gasteiger partial charge in [0.2, 0.25) is 10.0 Å². The van der Waals surface area contributed by atoms with Gasteiger partial charge in [0.1, 0.15) is 0 Å². The minimum absolute atomic E-state index is 0.153. The molecule has 0 fully saturated rings. The maximum Gasteiger partial charge on any atom is 0.240 e. The number of aryl methyl sites for hydroxylation is 1. The van der Waals surface area contributed by atoms with E-state index in [1.165, 1.54) is 6.07 Å². The molecule has 0 saturated heterocycles. The fourth-order valence-electron chi connectivity index (χ4n) is 1.87. The molecule has 0 saturated carbocycles. The Morgan fingerprint density at radius 2 is 1.95 bits per heavy atom. The first-order chi connectivity index (χ1) is 9.01. The normalized spacial score (nSPS) is 11.7. The van der Waals surface area contributed by atoms with Gasteiger partial charge in [-0.2, -0.15) is 0 Å². The average Bonchev–Trinajstić information content (AvgIpc) is 2.39. The Morgan fingerprint density at radius 1 is 1.21 bits per heavy atom. The highest BCUT2D eigenvalue weighted by molar-refractivity contribution is 7.89. The van der Waals surface area contributed by atoms with Gasteiger partial charge < -0.3 is 5.11 Å². The summed E-state index contributed by atoms with van der Waals surface area (Å²) in [4.78, 5) is 0.259. The molecule has 0 spiro atoms. The Labute approximate surface area is 115 Å². The van der Waals surface area contributed by atoms with Crippen molar-refractivity contribution in [1.82, 2.24) is 4.72 Å². The molecule has 1 rings (SSSR count). The number of nitrogens with one attached hydrogen (secondary N) is 1. The van der Waals surface area contributed by atoms with Crippen molar-refractivity contribution in [2.45, 2.75) is 51.0 Å². The molecule has 19 heavy (non-hydrogen) atoms. The Hall–Kier alpha value is -0.910. The number of sulfonamides is 1. The number of hydrogen-bond donors (Lipinski definition) is 2. The first-order valence-corrected chi connectivity index (χ1v) is 8.19. The third-order valence-corrected chi connectivity index (χ3v) is 4.65. The van der Waals surface area contributed by atoms with E-state index in [4.69, 9.17) is 5.11 Å². The molecule has 0 bridgehead atoms. The predicted molar refractivity (Wildman–Crippen MR) is 76.4 cm³/mol. The van der Waals surface area contributed by atoms with Crippen LogP contribution in [0.5, 0.6) is 0 Å². The largest absolute Gasteiger partial charge is 0.392 e. The second-order valence-electron chi connectivity index (χ2n) is 4.72. The van der Waals surface area contributed by atoms with Gasteiger partial charge in [-0.25, -0.2) is 13.1 Å². The molecule has 0 aliphatic carbocycles. The summed E-state index contributed by atoms with van der Waals surface area (Å²) in [5, 5.41) is 9.08. The molecule has 0 aliphatic rings. The average molecular weight is 285 g/mol. The van der Waals surface area contributed by atoms with Crippen molar-refractivity contribution in [3.63, 3.8) is 0 Å². The molecule has 0 heterocycles. The van der Waals surface area contributed by atoms with Crippen LogP contribution in [-0.2, 0) is 16.6 Å². The molecule has 0 radical (unpaired) electrons. The van der Waals surface area contributed by atoms with E-state index in [-0.39, 0.29) is 11.5 Å². The molecule has 0 aromatic heterocycles. The summed E-state index contributed by atoms with van der Waals surface area (Å²) in [6.45, 7) is 4.19. The van der Waals surface area contributed by atoms with Gasteiger partial charge in [0.25, 0.3) is 0 Å². The molecule has 4 nitrogen and oxygen atoms in total. The molecular formula is C14H23NO3S. The van der Waals surface area contributed by atoms with Crippen molar-refractivity contribution in [2.75, 3.05) is 6.54 Å². The van der Waals surface area contributed by atoms with Crippen LogP contribution in [-0.4, -0.2) is 20.1 Å². The van der Waals surface area contributed by atoms with Crippen LogP contribution in [0, 0.1) is 6.92 Å². The number of aliphatic hydroxyl groups is 1. The zero-order valence-electron chi connectivity index (χ0n) is 11.6. The van der Waals surface area contributed by atoms with E-state index >= 15 is 0 Å². The monoisotopic (exact) mass is 285 g/mol. The molecule has 5 heteroatoms. The van der Waals surface area contributed by atoms with Crippen molar-refractivity contribution >= 4 is 10.0 Å². The summed E-state index contributed by atoms with van der Waals surface area (Å²) in [5.41, 5.74) is 1.30. The van der Waals surface area contributed by atoms with Crippen LogP contribution in [0.1, 0.15) is 43.7 Å². The minimum atomic E-state index is -3.47. The quantitative estimate of drug-likeness (QED) is 0.721. The second kappa shape index (κ2) is 7.62. The number of benzene rings is 1. The van der Waals surface area contributed by atoms with E-state index in [2.05, 4.69) is 11.6 Å². The van der Waals surface area contributed by atoms with Crippen molar-refractivity contribution in [3.8, 4) is 0 Å². The van der Waals surface area contributed by atoms with Gasteiger partial charge in [-0.15, -0.1) is 0 Å². The minimum Gasteiger partial charge on any atom is -0.392 e. The van der Waals surface area contributed by atoms with E-state index in [1.54, 1.807) is 19.1 Å². The molecule has 0 unspecified atom stereocenters. The van der Waals surface area contributed by atoms with Crippen LogP contribution in [0.3, 0.4) is 0 Å². The van der Waals surface area contributed by atoms with Gasteiger partial charge in [-0.3, -0.25) is 0 Å². The summed E-state index contributed by atoms with van der Waals surface area (Å²) in [5.74, 6) is 0. The third-order valence-electron chi connectivity index (χ3n) is 3.05. The van der Waals surface area contributed by atoms with Crippen LogP contribution >= 0.6 is 0 Å². The highest BCUT2D eigenvalue weighted by atomic mass is 32.2. The Morgan fingerprint density at radius 3 is 2.58 bits per heavy atom. The SMILES string of the molecule is CCCCCCNS(=O)(=O)c1cc(CO)ccc1C. The topological polar surface area (TPSA) is 66.4 Å². The van der Waals surface area contributed by atoms with E-state index in [0.29, 0.717) is 17.7 Å². The van der Waals surface area contributed by atoms with Crippen LogP contribution in [0.25, 0.3) is 0 Å². The third kappa shape index (κ3) is 4.93. The fourth-order valence-corrected chi connectivity index (χ4v) is 3.24. The molecule has 1 aromatic carbocycles. The molecule has 108 valence electrons. The lowest BCUT2D eigenvalue weighted by atomic mass is 10.2. The van der Waals surface area contributed by atoms with Crippen molar-refractivity contribution in [1.29, 1.82) is 0 Å². The molecule has 0 aliphatic heterocycles. The standard InChI is InChI=1S/C14H23NO3S/c1-3-4-5-6-9-15-19(17,18)14-10-13(11-16)8-7-12(14)2/h7-8,10,15-16H,3-6,9,11H2,1-2H3. The number of unbranched alkanes of at least 4 members (excludes halogenated alkanes) is 3. The summed E-state index contributed by atoms with van der Waals surface area (Å²) in [6, 6.07) is 4.98. The first kappa shape index (κ1) is 16.1. The summed E-state index contributed by atoms with van der Waals surface area (Å²) in [7, 11) is -3.47. The van der Waals surface area contributed by atoms with Gasteiger partial charge in [0.15, 0.2) is 0 Å².